The van der Waals surface area contributed by atoms with Crippen LogP contribution in [0.1, 0.15) is 60.5 Å². The van der Waals surface area contributed by atoms with Gasteiger partial charge >= 0.3 is 0 Å². The summed E-state index contributed by atoms with van der Waals surface area (Å²) < 4.78 is 35.4. The van der Waals surface area contributed by atoms with Gasteiger partial charge in [0, 0.05) is 17.5 Å². The van der Waals surface area contributed by atoms with Gasteiger partial charge in [-0.1, -0.05) is 54.2 Å². The van der Waals surface area contributed by atoms with Crippen LogP contribution in [0.4, 0.5) is 5.13 Å². The van der Waals surface area contributed by atoms with Crippen LogP contribution in [0, 0.1) is 0 Å². The summed E-state index contributed by atoms with van der Waals surface area (Å²) in [6.45, 7) is 0. The van der Waals surface area contributed by atoms with Crippen LogP contribution >= 0.6 is 11.3 Å². The van der Waals surface area contributed by atoms with E-state index in [9.17, 15) is 13.2 Å². The summed E-state index contributed by atoms with van der Waals surface area (Å²) in [6.07, 6.45) is 5.71. The molecule has 2 N–H and O–H groups in total. The molecule has 5 rings (SSSR count). The highest BCUT2D eigenvalue weighted by molar-refractivity contribution is 7.91. The van der Waals surface area contributed by atoms with Crippen LogP contribution in [0.15, 0.2) is 58.9 Å². The average Bonchev–Trinajstić information content (AvgIpc) is 3.29. The first-order chi connectivity index (χ1) is 15.9. The minimum Gasteiger partial charge on any atom is -0.487 e. The van der Waals surface area contributed by atoms with E-state index in [4.69, 9.17) is 4.74 Å². The Morgan fingerprint density at radius 2 is 1.73 bits per heavy atom. The second-order valence-electron chi connectivity index (χ2n) is 8.45. The van der Waals surface area contributed by atoms with Crippen LogP contribution in [-0.2, 0) is 10.0 Å². The molecule has 172 valence electrons. The van der Waals surface area contributed by atoms with E-state index in [-0.39, 0.29) is 21.0 Å². The van der Waals surface area contributed by atoms with E-state index in [1.807, 2.05) is 30.3 Å². The molecule has 10 heteroatoms. The molecule has 2 heterocycles. The predicted molar refractivity (Wildman–Crippen MR) is 125 cm³/mol. The minimum atomic E-state index is -3.95. The molecule has 1 spiro atoms. The summed E-state index contributed by atoms with van der Waals surface area (Å²) in [5, 5.41) is 10.4. The lowest BCUT2D eigenvalue weighted by atomic mass is 9.77. The van der Waals surface area contributed by atoms with Crippen molar-refractivity contribution in [1.29, 1.82) is 0 Å². The van der Waals surface area contributed by atoms with E-state index < -0.39 is 16.1 Å². The Labute approximate surface area is 196 Å². The Bertz CT molecular complexity index is 1250. The minimum absolute atomic E-state index is 0.125. The van der Waals surface area contributed by atoms with E-state index in [1.165, 1.54) is 6.42 Å². The zero-order valence-corrected chi connectivity index (χ0v) is 19.5. The average molecular weight is 485 g/mol. The molecule has 3 aromatic rings. The molecule has 0 radical (unpaired) electrons. The number of nitrogens with one attached hydrogen (secondary N) is 2. The van der Waals surface area contributed by atoms with Gasteiger partial charge in [-0.2, -0.15) is 0 Å². The molecule has 8 nitrogen and oxygen atoms in total. The number of fused-ring (bicyclic) bond motifs is 1. The maximum atomic E-state index is 13.2. The van der Waals surface area contributed by atoms with E-state index in [1.54, 1.807) is 24.3 Å². The van der Waals surface area contributed by atoms with Crippen LogP contribution in [0.2, 0.25) is 0 Å². The summed E-state index contributed by atoms with van der Waals surface area (Å²) in [5.74, 6) is 0.354. The number of hydrogen-bond acceptors (Lipinski definition) is 7. The highest BCUT2D eigenvalue weighted by Crippen LogP contribution is 2.46. The van der Waals surface area contributed by atoms with E-state index in [0.29, 0.717) is 12.0 Å². The smallest absolute Gasteiger partial charge is 0.270 e. The van der Waals surface area contributed by atoms with Crippen molar-refractivity contribution in [2.45, 2.75) is 54.5 Å². The highest BCUT2D eigenvalue weighted by atomic mass is 32.2. The monoisotopic (exact) mass is 484 g/mol. The largest absolute Gasteiger partial charge is 0.487 e. The predicted octanol–water partition coefficient (Wildman–Crippen LogP) is 4.30. The number of anilines is 1. The summed E-state index contributed by atoms with van der Waals surface area (Å²) in [5.41, 5.74) is 0.918. The molecule has 1 saturated carbocycles. The van der Waals surface area contributed by atoms with Gasteiger partial charge in [-0.25, -0.2) is 13.1 Å². The maximum absolute atomic E-state index is 13.2. The van der Waals surface area contributed by atoms with Crippen molar-refractivity contribution in [1.82, 2.24) is 14.9 Å². The van der Waals surface area contributed by atoms with Crippen molar-refractivity contribution in [2.24, 2.45) is 0 Å². The molecule has 0 saturated heterocycles. The third-order valence-electron chi connectivity index (χ3n) is 6.15. The van der Waals surface area contributed by atoms with Crippen LogP contribution in [0.5, 0.6) is 5.75 Å². The molecule has 1 atom stereocenters. The number of carbonyl (C=O) groups excluding carboxylic acids is 1. The van der Waals surface area contributed by atoms with E-state index in [0.717, 1.165) is 48.3 Å². The number of amides is 1. The van der Waals surface area contributed by atoms with Gasteiger partial charge < -0.3 is 4.74 Å². The number of aromatic nitrogens is 2. The van der Waals surface area contributed by atoms with Gasteiger partial charge in [0.1, 0.15) is 11.4 Å². The molecule has 33 heavy (non-hydrogen) atoms. The van der Waals surface area contributed by atoms with Crippen LogP contribution in [0.3, 0.4) is 0 Å². The Hall–Kier alpha value is -2.82. The van der Waals surface area contributed by atoms with Gasteiger partial charge in [-0.15, -0.1) is 10.2 Å². The third kappa shape index (κ3) is 4.64. The van der Waals surface area contributed by atoms with Gasteiger partial charge in [0.05, 0.1) is 6.04 Å². The zero-order chi connectivity index (χ0) is 22.9. The number of nitrogens with zero attached hydrogens (tertiary/aromatic N) is 2. The van der Waals surface area contributed by atoms with Crippen molar-refractivity contribution in [2.75, 3.05) is 5.32 Å². The highest BCUT2D eigenvalue weighted by Gasteiger charge is 2.43. The Morgan fingerprint density at radius 1 is 1.00 bits per heavy atom. The van der Waals surface area contributed by atoms with Gasteiger partial charge in [0.15, 0.2) is 0 Å². The van der Waals surface area contributed by atoms with Crippen LogP contribution in [-0.4, -0.2) is 30.1 Å². The lowest BCUT2D eigenvalue weighted by molar-refractivity contribution is 0.0000717. The summed E-state index contributed by atoms with van der Waals surface area (Å²) >= 11 is 0.824. The second-order valence-corrected chi connectivity index (χ2v) is 11.3. The molecule has 1 aliphatic heterocycles. The van der Waals surface area contributed by atoms with Gasteiger partial charge in [0.2, 0.25) is 9.47 Å². The van der Waals surface area contributed by atoms with Gasteiger partial charge in [0.25, 0.3) is 15.9 Å². The summed E-state index contributed by atoms with van der Waals surface area (Å²) in [6, 6.07) is 15.8. The SMILES string of the molecule is O=C(Nc1nnc(S(=O)(=O)N[C@@H]2CC3(CCCCC3)Oc3ccccc32)s1)c1ccccc1. The van der Waals surface area contributed by atoms with Gasteiger partial charge in [-0.3, -0.25) is 10.1 Å². The van der Waals surface area contributed by atoms with Crippen molar-refractivity contribution < 1.29 is 17.9 Å². The fourth-order valence-electron chi connectivity index (χ4n) is 4.59. The molecule has 2 aromatic carbocycles. The summed E-state index contributed by atoms with van der Waals surface area (Å²) in [7, 11) is -3.95. The van der Waals surface area contributed by atoms with Crippen molar-refractivity contribution in [3.05, 3.63) is 65.7 Å². The summed E-state index contributed by atoms with van der Waals surface area (Å²) in [4.78, 5) is 12.3. The van der Waals surface area contributed by atoms with Crippen molar-refractivity contribution in [3.8, 4) is 5.75 Å². The Morgan fingerprint density at radius 3 is 2.52 bits per heavy atom. The van der Waals surface area contributed by atoms with Crippen LogP contribution in [0.25, 0.3) is 0 Å². The van der Waals surface area contributed by atoms with Crippen molar-refractivity contribution >= 4 is 32.4 Å². The van der Waals surface area contributed by atoms with Gasteiger partial charge in [-0.05, 0) is 43.9 Å². The molecule has 1 aromatic heterocycles. The molecule has 0 unspecified atom stereocenters. The fraction of sp³-hybridized carbons (Fsp3) is 0.348. The molecule has 1 fully saturated rings. The number of sulfonamides is 1. The molecule has 1 aliphatic carbocycles. The number of hydrogen-bond donors (Lipinski definition) is 2. The lowest BCUT2D eigenvalue weighted by Crippen LogP contribution is -2.46. The number of rotatable bonds is 5. The normalized spacial score (nSPS) is 19.5. The molecular formula is C23H24N4O4S2. The lowest BCUT2D eigenvalue weighted by Gasteiger charge is -2.44. The first-order valence-electron chi connectivity index (χ1n) is 10.9. The topological polar surface area (TPSA) is 110 Å². The fourth-order valence-corrected chi connectivity index (χ4v) is 6.72. The van der Waals surface area contributed by atoms with E-state index in [2.05, 4.69) is 20.2 Å². The number of benzene rings is 2. The first kappa shape index (κ1) is 22.0. The molecule has 0 bridgehead atoms. The first-order valence-corrected chi connectivity index (χ1v) is 13.2. The Kier molecular flexibility index (Phi) is 5.90. The zero-order valence-electron chi connectivity index (χ0n) is 17.9. The van der Waals surface area contributed by atoms with Crippen molar-refractivity contribution in [3.63, 3.8) is 0 Å². The Balaban J connectivity index is 1.36. The maximum Gasteiger partial charge on any atom is 0.270 e. The number of carbonyl (C=O) groups is 1. The number of para-hydroxylation sites is 1. The number of ether oxygens (including phenoxy) is 1. The van der Waals surface area contributed by atoms with Crippen LogP contribution < -0.4 is 14.8 Å². The molecule has 2 aliphatic rings. The quantitative estimate of drug-likeness (QED) is 0.523. The van der Waals surface area contributed by atoms with E-state index >= 15 is 0 Å². The molecular weight excluding hydrogens is 460 g/mol. The molecule has 1 amide bonds. The standard InChI is InChI=1S/C23H24N4O4S2/c28-20(16-9-3-1-4-10-16)24-21-25-26-22(32-21)33(29,30)27-18-15-23(13-7-2-8-14-23)31-19-12-6-5-11-17(18)19/h1,3-6,9-12,18,27H,2,7-8,13-15H2,(H,24,25,28)/t18-/m1/s1. The third-order valence-corrected chi connectivity index (χ3v) is 8.83. The second kappa shape index (κ2) is 8.85.